The predicted molar refractivity (Wildman–Crippen MR) is 51.1 cm³/mol. The molecule has 1 aromatic heterocycles. The summed E-state index contributed by atoms with van der Waals surface area (Å²) in [5.41, 5.74) is 4.36. The fourth-order valence-electron chi connectivity index (χ4n) is 1.47. The van der Waals surface area contributed by atoms with Crippen molar-refractivity contribution in [2.24, 2.45) is 11.7 Å². The molecule has 1 unspecified atom stereocenters. The maximum Gasteiger partial charge on any atom is 0.402 e. The minimum atomic E-state index is -5.56. The summed E-state index contributed by atoms with van der Waals surface area (Å²) < 4.78 is 79.5. The molecule has 1 rings (SSSR count). The molecule has 0 aromatic carbocycles. The molecule has 0 radical (unpaired) electrons. The van der Waals surface area contributed by atoms with Crippen molar-refractivity contribution in [3.63, 3.8) is 0 Å². The molecule has 10 heteroatoms. The number of methoxy groups -OCH3 is 1. The van der Waals surface area contributed by atoms with Crippen LogP contribution in [0.5, 0.6) is 5.88 Å². The van der Waals surface area contributed by atoms with Crippen LogP contribution in [-0.4, -0.2) is 29.4 Å². The van der Waals surface area contributed by atoms with Gasteiger partial charge in [-0.15, -0.1) is 0 Å². The summed E-state index contributed by atoms with van der Waals surface area (Å²) >= 11 is 0. The first-order valence-corrected chi connectivity index (χ1v) is 4.83. The van der Waals surface area contributed by atoms with E-state index in [4.69, 9.17) is 5.73 Å². The van der Waals surface area contributed by atoms with Crippen molar-refractivity contribution < 1.29 is 31.1 Å². The topological polar surface area (TPSA) is 61.0 Å². The predicted octanol–water partition coefficient (Wildman–Crippen LogP) is 2.23. The highest BCUT2D eigenvalue weighted by Gasteiger charge is 2.60. The van der Waals surface area contributed by atoms with Gasteiger partial charge in [0, 0.05) is 12.4 Å². The summed E-state index contributed by atoms with van der Waals surface area (Å²) in [7, 11) is 1.04. The molecule has 4 nitrogen and oxygen atoms in total. The second-order valence-corrected chi connectivity index (χ2v) is 3.54. The van der Waals surface area contributed by atoms with E-state index >= 15 is 0 Å². The van der Waals surface area contributed by atoms with E-state index in [2.05, 4.69) is 14.7 Å². The van der Waals surface area contributed by atoms with E-state index in [-0.39, 0.29) is 0 Å². The van der Waals surface area contributed by atoms with Crippen LogP contribution in [-0.2, 0) is 0 Å². The van der Waals surface area contributed by atoms with Gasteiger partial charge in [0.25, 0.3) is 0 Å². The van der Waals surface area contributed by atoms with Gasteiger partial charge in [-0.05, 0) is 0 Å². The number of alkyl halides is 6. The van der Waals surface area contributed by atoms with Crippen molar-refractivity contribution in [2.45, 2.75) is 18.4 Å². The fourth-order valence-corrected chi connectivity index (χ4v) is 1.47. The first-order chi connectivity index (χ1) is 8.59. The molecule has 0 bridgehead atoms. The number of nitrogens with two attached hydrogens (primary N) is 1. The SMILES string of the molecule is COc1nccnc1C(N)C(C(F)(F)F)C(F)(F)F. The second kappa shape index (κ2) is 5.19. The molecule has 19 heavy (non-hydrogen) atoms. The highest BCUT2D eigenvalue weighted by Crippen LogP contribution is 2.46. The van der Waals surface area contributed by atoms with Crippen LogP contribution in [0.3, 0.4) is 0 Å². The quantitative estimate of drug-likeness (QED) is 0.867. The zero-order valence-electron chi connectivity index (χ0n) is 9.46. The molecular weight excluding hydrogens is 280 g/mol. The minimum Gasteiger partial charge on any atom is -0.480 e. The van der Waals surface area contributed by atoms with Gasteiger partial charge in [0.05, 0.1) is 13.2 Å². The summed E-state index contributed by atoms with van der Waals surface area (Å²) in [6.07, 6.45) is -9.12. The number of ether oxygens (including phenoxy) is 1. The number of hydrogen-bond acceptors (Lipinski definition) is 4. The molecule has 0 amide bonds. The largest absolute Gasteiger partial charge is 0.480 e. The zero-order chi connectivity index (χ0) is 14.8. The summed E-state index contributed by atoms with van der Waals surface area (Å²) in [5.74, 6) is -4.22. The van der Waals surface area contributed by atoms with E-state index < -0.39 is 35.9 Å². The van der Waals surface area contributed by atoms with Crippen LogP contribution < -0.4 is 10.5 Å². The average Bonchev–Trinajstić information content (AvgIpc) is 2.24. The van der Waals surface area contributed by atoms with Gasteiger partial charge in [0.1, 0.15) is 5.69 Å². The molecule has 0 spiro atoms. The Morgan fingerprint density at radius 1 is 1.05 bits per heavy atom. The van der Waals surface area contributed by atoms with E-state index in [1.54, 1.807) is 0 Å². The molecule has 0 saturated heterocycles. The lowest BCUT2D eigenvalue weighted by molar-refractivity contribution is -0.290. The lowest BCUT2D eigenvalue weighted by atomic mass is 9.96. The minimum absolute atomic E-state index is 0.478. The van der Waals surface area contributed by atoms with Crippen molar-refractivity contribution >= 4 is 0 Å². The van der Waals surface area contributed by atoms with Crippen LogP contribution in [0.4, 0.5) is 26.3 Å². The van der Waals surface area contributed by atoms with Crippen LogP contribution in [0, 0.1) is 5.92 Å². The van der Waals surface area contributed by atoms with Crippen molar-refractivity contribution in [3.05, 3.63) is 18.1 Å². The van der Waals surface area contributed by atoms with Crippen LogP contribution in [0.2, 0.25) is 0 Å². The first kappa shape index (κ1) is 15.5. The molecular formula is C9H9F6N3O. The van der Waals surface area contributed by atoms with Crippen molar-refractivity contribution in [1.29, 1.82) is 0 Å². The van der Waals surface area contributed by atoms with Crippen LogP contribution in [0.15, 0.2) is 12.4 Å². The van der Waals surface area contributed by atoms with Crippen molar-refractivity contribution in [3.8, 4) is 5.88 Å². The molecule has 0 aliphatic carbocycles. The Hall–Kier alpha value is -1.58. The highest BCUT2D eigenvalue weighted by molar-refractivity contribution is 5.22. The normalized spacial score (nSPS) is 14.6. The monoisotopic (exact) mass is 289 g/mol. The molecule has 1 aromatic rings. The molecule has 1 heterocycles. The standard InChI is InChI=1S/C9H9F6N3O/c1-19-7-5(17-2-3-18-7)4(16)6(8(10,11)12)9(13,14)15/h2-4,6H,16H2,1H3. The van der Waals surface area contributed by atoms with Gasteiger partial charge in [-0.25, -0.2) is 4.98 Å². The maximum atomic E-state index is 12.5. The Morgan fingerprint density at radius 2 is 1.53 bits per heavy atom. The zero-order valence-corrected chi connectivity index (χ0v) is 9.46. The van der Waals surface area contributed by atoms with Gasteiger partial charge in [0.15, 0.2) is 5.92 Å². The number of nitrogens with zero attached hydrogens (tertiary/aromatic N) is 2. The van der Waals surface area contributed by atoms with Gasteiger partial charge >= 0.3 is 12.4 Å². The van der Waals surface area contributed by atoms with Gasteiger partial charge in [-0.1, -0.05) is 0 Å². The highest BCUT2D eigenvalue weighted by atomic mass is 19.4. The molecule has 1 atom stereocenters. The molecule has 108 valence electrons. The summed E-state index contributed by atoms with van der Waals surface area (Å²) in [5, 5.41) is 0. The second-order valence-electron chi connectivity index (χ2n) is 3.54. The van der Waals surface area contributed by atoms with Crippen LogP contribution in [0.25, 0.3) is 0 Å². The Balaban J connectivity index is 3.24. The molecule has 2 N–H and O–H groups in total. The van der Waals surface area contributed by atoms with Gasteiger partial charge in [-0.2, -0.15) is 26.3 Å². The van der Waals surface area contributed by atoms with E-state index in [0.29, 0.717) is 0 Å². The third-order valence-corrected chi connectivity index (χ3v) is 2.26. The Bertz CT molecular complexity index is 419. The molecule has 0 fully saturated rings. The van der Waals surface area contributed by atoms with E-state index in [1.807, 2.05) is 0 Å². The van der Waals surface area contributed by atoms with E-state index in [0.717, 1.165) is 19.5 Å². The lowest BCUT2D eigenvalue weighted by Gasteiger charge is -2.28. The van der Waals surface area contributed by atoms with Gasteiger partial charge < -0.3 is 10.5 Å². The molecule has 0 aliphatic heterocycles. The Kier molecular flexibility index (Phi) is 4.23. The third kappa shape index (κ3) is 3.46. The van der Waals surface area contributed by atoms with Crippen molar-refractivity contribution in [2.75, 3.05) is 7.11 Å². The Morgan fingerprint density at radius 3 is 1.95 bits per heavy atom. The third-order valence-electron chi connectivity index (χ3n) is 2.26. The van der Waals surface area contributed by atoms with Gasteiger partial charge in [0.2, 0.25) is 5.88 Å². The Labute approximate surface area is 103 Å². The summed E-state index contributed by atoms with van der Waals surface area (Å²) in [4.78, 5) is 6.85. The summed E-state index contributed by atoms with van der Waals surface area (Å²) in [6, 6.07) is -2.45. The fraction of sp³-hybridized carbons (Fsp3) is 0.556. The summed E-state index contributed by atoms with van der Waals surface area (Å²) in [6.45, 7) is 0. The van der Waals surface area contributed by atoms with Crippen molar-refractivity contribution in [1.82, 2.24) is 9.97 Å². The maximum absolute atomic E-state index is 12.5. The van der Waals surface area contributed by atoms with E-state index in [9.17, 15) is 26.3 Å². The van der Waals surface area contributed by atoms with Crippen LogP contribution >= 0.6 is 0 Å². The van der Waals surface area contributed by atoms with E-state index in [1.165, 1.54) is 0 Å². The number of halogens is 6. The molecule has 0 aliphatic rings. The number of hydrogen-bond donors (Lipinski definition) is 1. The molecule has 0 saturated carbocycles. The number of aromatic nitrogens is 2. The first-order valence-electron chi connectivity index (χ1n) is 4.83. The average molecular weight is 289 g/mol. The van der Waals surface area contributed by atoms with Gasteiger partial charge in [-0.3, -0.25) is 4.98 Å². The smallest absolute Gasteiger partial charge is 0.402 e. The lowest BCUT2D eigenvalue weighted by Crippen LogP contribution is -2.44. The van der Waals surface area contributed by atoms with Crippen LogP contribution in [0.1, 0.15) is 11.7 Å². The number of rotatable bonds is 3.